The van der Waals surface area contributed by atoms with E-state index in [0.717, 1.165) is 5.56 Å². The van der Waals surface area contributed by atoms with Gasteiger partial charge in [0.25, 0.3) is 0 Å². The van der Waals surface area contributed by atoms with Gasteiger partial charge in [0.1, 0.15) is 0 Å². The number of rotatable bonds is 1. The zero-order valence-corrected chi connectivity index (χ0v) is 7.83. The maximum Gasteiger partial charge on any atom is 0.00484 e. The molecule has 0 heterocycles. The highest BCUT2D eigenvalue weighted by atomic mass is 35.5. The van der Waals surface area contributed by atoms with Crippen LogP contribution in [0.3, 0.4) is 0 Å². The highest BCUT2D eigenvalue weighted by Crippen LogP contribution is 2.16. The SMILES string of the molecule is Cl/C=C\c1ccc2ccccc2c1. The lowest BCUT2D eigenvalue weighted by Gasteiger charge is -1.97. The van der Waals surface area contributed by atoms with Gasteiger partial charge >= 0.3 is 0 Å². The second-order valence-electron chi connectivity index (χ2n) is 2.90. The fraction of sp³-hybridized carbons (Fsp3) is 0. The minimum Gasteiger partial charge on any atom is -0.0929 e. The van der Waals surface area contributed by atoms with Crippen LogP contribution in [0.4, 0.5) is 0 Å². The summed E-state index contributed by atoms with van der Waals surface area (Å²) >= 11 is 5.51. The van der Waals surface area contributed by atoms with Crippen LogP contribution in [0.2, 0.25) is 0 Å². The summed E-state index contributed by atoms with van der Waals surface area (Å²) in [6, 6.07) is 14.6. The highest BCUT2D eigenvalue weighted by molar-refractivity contribution is 6.27. The third-order valence-electron chi connectivity index (χ3n) is 2.03. The second kappa shape index (κ2) is 3.63. The van der Waals surface area contributed by atoms with Crippen molar-refractivity contribution >= 4 is 28.4 Å². The van der Waals surface area contributed by atoms with Crippen LogP contribution in [0, 0.1) is 0 Å². The van der Waals surface area contributed by atoms with Crippen LogP contribution in [0.5, 0.6) is 0 Å². The summed E-state index contributed by atoms with van der Waals surface area (Å²) in [5, 5.41) is 2.50. The molecular formula is C12H9Cl. The predicted molar refractivity (Wildman–Crippen MR) is 58.8 cm³/mol. The van der Waals surface area contributed by atoms with Crippen molar-refractivity contribution < 1.29 is 0 Å². The summed E-state index contributed by atoms with van der Waals surface area (Å²) in [6.07, 6.45) is 1.88. The largest absolute Gasteiger partial charge is 0.0929 e. The number of hydrogen-bond acceptors (Lipinski definition) is 0. The average Bonchev–Trinajstić information content (AvgIpc) is 2.18. The summed E-state index contributed by atoms with van der Waals surface area (Å²) in [6.45, 7) is 0. The Balaban J connectivity index is 2.62. The smallest absolute Gasteiger partial charge is 0.00484 e. The lowest BCUT2D eigenvalue weighted by atomic mass is 10.1. The first kappa shape index (κ1) is 8.33. The molecule has 1 heteroatoms. The maximum atomic E-state index is 5.51. The van der Waals surface area contributed by atoms with E-state index in [1.807, 2.05) is 18.2 Å². The van der Waals surface area contributed by atoms with Crippen molar-refractivity contribution in [2.45, 2.75) is 0 Å². The van der Waals surface area contributed by atoms with Crippen molar-refractivity contribution in [3.05, 3.63) is 53.6 Å². The molecule has 0 unspecified atom stereocenters. The Hall–Kier alpha value is -1.27. The van der Waals surface area contributed by atoms with Crippen molar-refractivity contribution in [3.63, 3.8) is 0 Å². The van der Waals surface area contributed by atoms with E-state index in [0.29, 0.717) is 0 Å². The third kappa shape index (κ3) is 1.73. The van der Waals surface area contributed by atoms with Crippen molar-refractivity contribution in [1.82, 2.24) is 0 Å². The molecule has 0 bridgehead atoms. The number of fused-ring (bicyclic) bond motifs is 1. The lowest BCUT2D eigenvalue weighted by molar-refractivity contribution is 1.71. The van der Waals surface area contributed by atoms with E-state index < -0.39 is 0 Å². The van der Waals surface area contributed by atoms with Gasteiger partial charge in [-0.2, -0.15) is 0 Å². The number of benzene rings is 2. The minimum atomic E-state index is 1.13. The molecule has 0 radical (unpaired) electrons. The molecule has 0 nitrogen and oxygen atoms in total. The molecule has 0 saturated carbocycles. The second-order valence-corrected chi connectivity index (χ2v) is 3.15. The number of halogens is 1. The molecular weight excluding hydrogens is 180 g/mol. The fourth-order valence-corrected chi connectivity index (χ4v) is 1.53. The van der Waals surface area contributed by atoms with Crippen LogP contribution < -0.4 is 0 Å². The first-order valence-corrected chi connectivity index (χ1v) is 4.59. The number of hydrogen-bond donors (Lipinski definition) is 0. The molecule has 0 aliphatic rings. The van der Waals surface area contributed by atoms with E-state index >= 15 is 0 Å². The molecule has 2 aromatic rings. The van der Waals surface area contributed by atoms with Gasteiger partial charge in [-0.05, 0) is 28.5 Å². The Labute approximate surface area is 82.5 Å². The molecule has 0 spiro atoms. The Bertz CT molecular complexity index is 444. The van der Waals surface area contributed by atoms with Crippen LogP contribution >= 0.6 is 11.6 Å². The molecule has 0 saturated heterocycles. The molecule has 0 amide bonds. The van der Waals surface area contributed by atoms with E-state index in [1.54, 1.807) is 0 Å². The summed E-state index contributed by atoms with van der Waals surface area (Å²) in [4.78, 5) is 0. The Morgan fingerprint density at radius 1 is 0.923 bits per heavy atom. The molecule has 0 aliphatic carbocycles. The van der Waals surface area contributed by atoms with Crippen LogP contribution in [0.1, 0.15) is 5.56 Å². The first-order chi connectivity index (χ1) is 6.40. The monoisotopic (exact) mass is 188 g/mol. The van der Waals surface area contributed by atoms with Gasteiger partial charge in [0.2, 0.25) is 0 Å². The molecule has 0 atom stereocenters. The van der Waals surface area contributed by atoms with Gasteiger partial charge in [-0.15, -0.1) is 0 Å². The topological polar surface area (TPSA) is 0 Å². The van der Waals surface area contributed by atoms with Gasteiger partial charge < -0.3 is 0 Å². The zero-order valence-electron chi connectivity index (χ0n) is 7.07. The maximum absolute atomic E-state index is 5.51. The van der Waals surface area contributed by atoms with Gasteiger partial charge in [0, 0.05) is 5.54 Å². The quantitative estimate of drug-likeness (QED) is 0.634. The molecule has 64 valence electrons. The van der Waals surface area contributed by atoms with Crippen LogP contribution in [-0.2, 0) is 0 Å². The van der Waals surface area contributed by atoms with E-state index in [2.05, 4.69) is 30.3 Å². The van der Waals surface area contributed by atoms with E-state index in [1.165, 1.54) is 16.3 Å². The fourth-order valence-electron chi connectivity index (χ4n) is 1.38. The molecule has 0 aromatic heterocycles. The molecule has 0 N–H and O–H groups in total. The van der Waals surface area contributed by atoms with Gasteiger partial charge in [-0.1, -0.05) is 48.0 Å². The van der Waals surface area contributed by atoms with Gasteiger partial charge in [-0.25, -0.2) is 0 Å². The van der Waals surface area contributed by atoms with E-state index in [9.17, 15) is 0 Å². The molecule has 0 fully saturated rings. The van der Waals surface area contributed by atoms with Crippen molar-refractivity contribution in [3.8, 4) is 0 Å². The van der Waals surface area contributed by atoms with Crippen LogP contribution in [-0.4, -0.2) is 0 Å². The van der Waals surface area contributed by atoms with Crippen molar-refractivity contribution in [2.24, 2.45) is 0 Å². The van der Waals surface area contributed by atoms with E-state index in [-0.39, 0.29) is 0 Å². The molecule has 2 rings (SSSR count). The highest BCUT2D eigenvalue weighted by Gasteiger charge is 1.91. The van der Waals surface area contributed by atoms with Gasteiger partial charge in [0.05, 0.1) is 0 Å². The van der Waals surface area contributed by atoms with Crippen molar-refractivity contribution in [2.75, 3.05) is 0 Å². The van der Waals surface area contributed by atoms with E-state index in [4.69, 9.17) is 11.6 Å². The minimum absolute atomic E-state index is 1.13. The lowest BCUT2D eigenvalue weighted by Crippen LogP contribution is -1.73. The molecule has 13 heavy (non-hydrogen) atoms. The van der Waals surface area contributed by atoms with Crippen LogP contribution in [0.15, 0.2) is 48.0 Å². The van der Waals surface area contributed by atoms with Gasteiger partial charge in [-0.3, -0.25) is 0 Å². The molecule has 0 aliphatic heterocycles. The Morgan fingerprint density at radius 2 is 1.69 bits per heavy atom. The standard InChI is InChI=1S/C12H9Cl/c13-8-7-10-5-6-11-3-1-2-4-12(11)9-10/h1-9H/b8-7-. The third-order valence-corrected chi connectivity index (χ3v) is 2.15. The summed E-state index contributed by atoms with van der Waals surface area (Å²) in [5.41, 5.74) is 2.66. The normalized spacial score (nSPS) is 11.2. The average molecular weight is 189 g/mol. The summed E-state index contributed by atoms with van der Waals surface area (Å²) in [5.74, 6) is 0. The van der Waals surface area contributed by atoms with Gasteiger partial charge in [0.15, 0.2) is 0 Å². The summed E-state index contributed by atoms with van der Waals surface area (Å²) < 4.78 is 0. The summed E-state index contributed by atoms with van der Waals surface area (Å²) in [7, 11) is 0. The zero-order chi connectivity index (χ0) is 9.10. The predicted octanol–water partition coefficient (Wildman–Crippen LogP) is 4.05. The first-order valence-electron chi connectivity index (χ1n) is 4.16. The van der Waals surface area contributed by atoms with Crippen LogP contribution in [0.25, 0.3) is 16.8 Å². The molecule has 2 aromatic carbocycles. The Morgan fingerprint density at radius 3 is 2.46 bits per heavy atom. The Kier molecular flexibility index (Phi) is 2.33. The van der Waals surface area contributed by atoms with Crippen molar-refractivity contribution in [1.29, 1.82) is 0 Å².